The van der Waals surface area contributed by atoms with Crippen molar-refractivity contribution in [2.75, 3.05) is 0 Å². The maximum Gasteiger partial charge on any atom is 2.00 e. The van der Waals surface area contributed by atoms with Crippen molar-refractivity contribution in [2.45, 2.75) is 126 Å². The van der Waals surface area contributed by atoms with Crippen LogP contribution in [0.4, 0.5) is 0 Å². The summed E-state index contributed by atoms with van der Waals surface area (Å²) < 4.78 is 66.6. The maximum absolute atomic E-state index is 11.1. The zero-order chi connectivity index (χ0) is 28.3. The summed E-state index contributed by atoms with van der Waals surface area (Å²) in [7, 11) is -8.68. The molecule has 0 saturated carbocycles. The Hall–Kier alpha value is -0.974. The first kappa shape index (κ1) is 38.0. The van der Waals surface area contributed by atoms with Crippen LogP contribution in [0.1, 0.15) is 115 Å². The molecular weight excluding hydrogens is 545 g/mol. The summed E-state index contributed by atoms with van der Waals surface area (Å²) in [6, 6.07) is 13.0. The predicted octanol–water partition coefficient (Wildman–Crippen LogP) is 7.39. The minimum Gasteiger partial charge on any atom is -0.744 e. The van der Waals surface area contributed by atoms with Gasteiger partial charge in [0.2, 0.25) is 0 Å². The van der Waals surface area contributed by atoms with Crippen LogP contribution >= 0.6 is 0 Å². The first-order valence-corrected chi connectivity index (χ1v) is 17.0. The molecule has 2 rings (SSSR count). The molecule has 0 aliphatic heterocycles. The minimum absolute atomic E-state index is 0. The number of hydrogen-bond donors (Lipinski definition) is 0. The van der Waals surface area contributed by atoms with Crippen LogP contribution in [0.3, 0.4) is 0 Å². The van der Waals surface area contributed by atoms with Crippen molar-refractivity contribution < 1.29 is 25.9 Å². The molecule has 6 nitrogen and oxygen atoms in total. The van der Waals surface area contributed by atoms with Crippen molar-refractivity contribution in [3.8, 4) is 0 Å². The van der Waals surface area contributed by atoms with Crippen LogP contribution in [0.15, 0.2) is 58.3 Å². The molecule has 0 unspecified atom stereocenters. The van der Waals surface area contributed by atoms with Crippen LogP contribution in [0.25, 0.3) is 0 Å². The van der Waals surface area contributed by atoms with Gasteiger partial charge in [0.05, 0.1) is 9.79 Å². The van der Waals surface area contributed by atoms with Gasteiger partial charge in [0.1, 0.15) is 20.2 Å². The third kappa shape index (κ3) is 17.4. The van der Waals surface area contributed by atoms with Crippen molar-refractivity contribution >= 4 is 43.3 Å². The molecule has 0 bridgehead atoms. The largest absolute Gasteiger partial charge is 2.00 e. The van der Waals surface area contributed by atoms with Gasteiger partial charge in [-0.25, -0.2) is 16.8 Å². The molecule has 0 aliphatic rings. The van der Waals surface area contributed by atoms with Crippen molar-refractivity contribution in [2.24, 2.45) is 0 Å². The molecule has 0 fully saturated rings. The fourth-order valence-electron chi connectivity index (χ4n) is 4.45. The number of unbranched alkanes of at least 4 members (excludes halogenated alkanes) is 12. The first-order valence-electron chi connectivity index (χ1n) is 14.2. The van der Waals surface area contributed by atoms with Gasteiger partial charge in [-0.05, 0) is 48.9 Å². The average Bonchev–Trinajstić information content (AvgIpc) is 2.87. The van der Waals surface area contributed by atoms with Crippen LogP contribution in [-0.4, -0.2) is 49.0 Å². The summed E-state index contributed by atoms with van der Waals surface area (Å²) >= 11 is 0. The standard InChI is InChI=1S/2C15H24O3S.Mg/c2*1-2-3-4-5-6-7-8-11-14-12-9-10-13-15(14)19(16,17)18;/h2*9-10,12-13H,2-8,11H2,1H3,(H,16,17,18);/q;;+2/p-2. The second-order valence-electron chi connectivity index (χ2n) is 9.87. The Kier molecular flexibility index (Phi) is 21.2. The van der Waals surface area contributed by atoms with Gasteiger partial charge in [-0.1, -0.05) is 127 Å². The van der Waals surface area contributed by atoms with Gasteiger partial charge in [-0.15, -0.1) is 0 Å². The van der Waals surface area contributed by atoms with Crippen molar-refractivity contribution in [3.05, 3.63) is 59.7 Å². The molecule has 0 spiro atoms. The molecule has 0 aliphatic carbocycles. The molecule has 0 amide bonds. The van der Waals surface area contributed by atoms with E-state index in [0.717, 1.165) is 25.7 Å². The summed E-state index contributed by atoms with van der Waals surface area (Å²) in [5, 5.41) is 0. The van der Waals surface area contributed by atoms with Crippen molar-refractivity contribution in [1.82, 2.24) is 0 Å². The minimum atomic E-state index is -4.34. The quantitative estimate of drug-likeness (QED) is 0.102. The van der Waals surface area contributed by atoms with E-state index in [4.69, 9.17) is 0 Å². The summed E-state index contributed by atoms with van der Waals surface area (Å²) in [6.07, 6.45) is 17.9. The molecular formula is C30H46MgO6S2. The number of aryl methyl sites for hydroxylation is 2. The Morgan fingerprint density at radius 3 is 1.08 bits per heavy atom. The Morgan fingerprint density at radius 2 is 0.769 bits per heavy atom. The molecule has 9 heteroatoms. The maximum atomic E-state index is 11.1. The zero-order valence-electron chi connectivity index (χ0n) is 23.9. The monoisotopic (exact) mass is 590 g/mol. The van der Waals surface area contributed by atoms with E-state index in [-0.39, 0.29) is 32.8 Å². The summed E-state index contributed by atoms with van der Waals surface area (Å²) in [4.78, 5) is -0.109. The average molecular weight is 591 g/mol. The van der Waals surface area contributed by atoms with E-state index >= 15 is 0 Å². The van der Waals surface area contributed by atoms with E-state index in [2.05, 4.69) is 13.8 Å². The SMILES string of the molecule is CCCCCCCCCc1ccccc1S(=O)(=O)[O-].CCCCCCCCCc1ccccc1S(=O)(=O)[O-].[Mg+2]. The van der Waals surface area contributed by atoms with Gasteiger partial charge in [-0.2, -0.15) is 0 Å². The van der Waals surface area contributed by atoms with Gasteiger partial charge in [0.15, 0.2) is 0 Å². The molecule has 0 saturated heterocycles. The second kappa shape index (κ2) is 21.7. The van der Waals surface area contributed by atoms with E-state index in [9.17, 15) is 25.9 Å². The smallest absolute Gasteiger partial charge is 0.744 e. The molecule has 0 heterocycles. The Bertz CT molecular complexity index is 1030. The molecule has 0 radical (unpaired) electrons. The Morgan fingerprint density at radius 1 is 0.487 bits per heavy atom. The molecule has 39 heavy (non-hydrogen) atoms. The summed E-state index contributed by atoms with van der Waals surface area (Å²) in [5.41, 5.74) is 1.32. The van der Waals surface area contributed by atoms with E-state index in [1.165, 1.54) is 76.3 Å². The van der Waals surface area contributed by atoms with Crippen LogP contribution in [0, 0.1) is 0 Å². The number of rotatable bonds is 18. The van der Waals surface area contributed by atoms with Gasteiger partial charge in [-0.3, -0.25) is 0 Å². The topological polar surface area (TPSA) is 114 Å². The van der Waals surface area contributed by atoms with Crippen molar-refractivity contribution in [1.29, 1.82) is 0 Å². The van der Waals surface area contributed by atoms with E-state index < -0.39 is 20.2 Å². The Balaban J connectivity index is 0.000000722. The third-order valence-corrected chi connectivity index (χ3v) is 8.46. The molecule has 2 aromatic carbocycles. The van der Waals surface area contributed by atoms with Gasteiger partial charge < -0.3 is 9.11 Å². The van der Waals surface area contributed by atoms with Gasteiger partial charge in [0.25, 0.3) is 0 Å². The molecule has 0 N–H and O–H groups in total. The fraction of sp³-hybridized carbons (Fsp3) is 0.600. The van der Waals surface area contributed by atoms with E-state index in [1.54, 1.807) is 36.4 Å². The van der Waals surface area contributed by atoms with Crippen LogP contribution in [0.2, 0.25) is 0 Å². The van der Waals surface area contributed by atoms with Crippen LogP contribution in [-0.2, 0) is 33.1 Å². The second-order valence-corrected chi connectivity index (χ2v) is 12.6. The first-order chi connectivity index (χ1) is 18.1. The molecule has 216 valence electrons. The molecule has 2 aromatic rings. The number of hydrogen-bond acceptors (Lipinski definition) is 6. The van der Waals surface area contributed by atoms with Crippen molar-refractivity contribution in [3.63, 3.8) is 0 Å². The molecule has 0 aromatic heterocycles. The fourth-order valence-corrected chi connectivity index (χ4v) is 5.93. The summed E-state index contributed by atoms with van der Waals surface area (Å²) in [5.74, 6) is 0. The van der Waals surface area contributed by atoms with E-state index in [1.807, 2.05) is 0 Å². The van der Waals surface area contributed by atoms with Crippen LogP contribution < -0.4 is 0 Å². The summed E-state index contributed by atoms with van der Waals surface area (Å²) in [6.45, 7) is 4.39. The third-order valence-electron chi connectivity index (χ3n) is 6.58. The normalized spacial score (nSPS) is 11.4. The van der Waals surface area contributed by atoms with Gasteiger partial charge in [0, 0.05) is 0 Å². The van der Waals surface area contributed by atoms with Crippen LogP contribution in [0.5, 0.6) is 0 Å². The van der Waals surface area contributed by atoms with E-state index in [0.29, 0.717) is 24.0 Å². The Labute approximate surface area is 254 Å². The van der Waals surface area contributed by atoms with Gasteiger partial charge >= 0.3 is 23.1 Å². The zero-order valence-corrected chi connectivity index (χ0v) is 27.0. The predicted molar refractivity (Wildman–Crippen MR) is 158 cm³/mol. The molecule has 0 atom stereocenters. The number of benzene rings is 2.